The van der Waals surface area contributed by atoms with E-state index < -0.39 is 11.9 Å². The average molecular weight is 367 g/mol. The third-order valence-electron chi connectivity index (χ3n) is 4.16. The molecule has 0 fully saturated rings. The molecular weight excluding hydrogens is 345 g/mol. The van der Waals surface area contributed by atoms with E-state index in [0.717, 1.165) is 16.5 Å². The lowest BCUT2D eigenvalue weighted by molar-refractivity contribution is -0.128. The lowest BCUT2D eigenvalue weighted by Gasteiger charge is -2.17. The van der Waals surface area contributed by atoms with Crippen LogP contribution in [0.5, 0.6) is 11.5 Å². The topological polar surface area (TPSA) is 47.6 Å². The summed E-state index contributed by atoms with van der Waals surface area (Å²) in [5, 5.41) is 5.02. The van der Waals surface area contributed by atoms with Crippen molar-refractivity contribution in [2.24, 2.45) is 0 Å². The molecule has 1 unspecified atom stereocenters. The smallest absolute Gasteiger partial charge is 0.261 e. The van der Waals surface area contributed by atoms with E-state index in [1.165, 1.54) is 12.1 Å². The van der Waals surface area contributed by atoms with Gasteiger partial charge in [0.15, 0.2) is 17.7 Å². The Morgan fingerprint density at radius 1 is 1.04 bits per heavy atom. The average Bonchev–Trinajstić information content (AvgIpc) is 2.70. The molecule has 0 aromatic heterocycles. The second-order valence-corrected chi connectivity index (χ2v) is 6.09. The number of amides is 1. The van der Waals surface area contributed by atoms with E-state index in [2.05, 4.69) is 5.32 Å². The zero-order valence-electron chi connectivity index (χ0n) is 15.2. The van der Waals surface area contributed by atoms with Crippen LogP contribution in [-0.2, 0) is 4.79 Å². The van der Waals surface area contributed by atoms with Gasteiger partial charge in [-0.25, -0.2) is 4.39 Å². The first kappa shape index (κ1) is 18.7. The van der Waals surface area contributed by atoms with Crippen LogP contribution in [0.25, 0.3) is 10.8 Å². The molecule has 3 aromatic carbocycles. The Morgan fingerprint density at radius 2 is 1.78 bits per heavy atom. The molecule has 5 heteroatoms. The molecule has 0 bridgehead atoms. The molecule has 0 aliphatic rings. The maximum atomic E-state index is 13.7. The van der Waals surface area contributed by atoms with Gasteiger partial charge in [0.1, 0.15) is 12.4 Å². The molecule has 1 atom stereocenters. The van der Waals surface area contributed by atoms with Gasteiger partial charge in [0, 0.05) is 0 Å². The zero-order valence-corrected chi connectivity index (χ0v) is 15.2. The van der Waals surface area contributed by atoms with Gasteiger partial charge in [0.2, 0.25) is 0 Å². The van der Waals surface area contributed by atoms with Crippen molar-refractivity contribution in [1.82, 2.24) is 5.32 Å². The molecule has 0 spiro atoms. The molecule has 0 radical (unpaired) electrons. The van der Waals surface area contributed by atoms with Gasteiger partial charge in [-0.05, 0) is 41.5 Å². The number of carbonyl (C=O) groups excluding carboxylic acids is 1. The van der Waals surface area contributed by atoms with Crippen molar-refractivity contribution in [3.8, 4) is 11.5 Å². The summed E-state index contributed by atoms with van der Waals surface area (Å²) in [5.41, 5.74) is 0. The Labute approximate surface area is 157 Å². The molecule has 0 aliphatic carbocycles. The molecule has 1 amide bonds. The summed E-state index contributed by atoms with van der Waals surface area (Å²) in [6, 6.07) is 20.0. The van der Waals surface area contributed by atoms with Crippen LogP contribution < -0.4 is 14.8 Å². The fourth-order valence-electron chi connectivity index (χ4n) is 2.73. The highest BCUT2D eigenvalue weighted by atomic mass is 19.1. The van der Waals surface area contributed by atoms with E-state index >= 15 is 0 Å². The Hall–Kier alpha value is -3.08. The van der Waals surface area contributed by atoms with Gasteiger partial charge < -0.3 is 14.8 Å². The van der Waals surface area contributed by atoms with Gasteiger partial charge in [0.25, 0.3) is 5.91 Å². The van der Waals surface area contributed by atoms with Gasteiger partial charge in [-0.15, -0.1) is 0 Å². The molecule has 1 N–H and O–H groups in total. The van der Waals surface area contributed by atoms with Crippen molar-refractivity contribution in [3.63, 3.8) is 0 Å². The minimum Gasteiger partial charge on any atom is -0.492 e. The Bertz CT molecular complexity index is 913. The summed E-state index contributed by atoms with van der Waals surface area (Å²) in [6.45, 7) is 2.49. The summed E-state index contributed by atoms with van der Waals surface area (Å²) >= 11 is 0. The first-order valence-electron chi connectivity index (χ1n) is 8.98. The summed E-state index contributed by atoms with van der Waals surface area (Å²) in [5.74, 6) is 0.0516. The molecule has 3 rings (SSSR count). The monoisotopic (exact) mass is 367 g/mol. The number of carbonyl (C=O) groups is 1. The SMILES string of the molecule is CCC(Oc1ccccc1F)C(=O)NCCOc1ccc2ccccc2c1. The summed E-state index contributed by atoms with van der Waals surface area (Å²) < 4.78 is 24.9. The maximum Gasteiger partial charge on any atom is 0.261 e. The normalized spacial score (nSPS) is 11.8. The molecule has 140 valence electrons. The number of para-hydroxylation sites is 1. The highest BCUT2D eigenvalue weighted by Gasteiger charge is 2.19. The first-order valence-corrected chi connectivity index (χ1v) is 8.98. The summed E-state index contributed by atoms with van der Waals surface area (Å²) in [7, 11) is 0. The Kier molecular flexibility index (Phi) is 6.26. The number of hydrogen-bond acceptors (Lipinski definition) is 3. The number of ether oxygens (including phenoxy) is 2. The van der Waals surface area contributed by atoms with Crippen LogP contribution in [0, 0.1) is 5.82 Å². The van der Waals surface area contributed by atoms with Crippen LogP contribution in [0.2, 0.25) is 0 Å². The third-order valence-corrected chi connectivity index (χ3v) is 4.16. The number of rotatable bonds is 8. The van der Waals surface area contributed by atoms with Gasteiger partial charge in [-0.2, -0.15) is 0 Å². The van der Waals surface area contributed by atoms with Crippen LogP contribution in [-0.4, -0.2) is 25.2 Å². The maximum absolute atomic E-state index is 13.7. The van der Waals surface area contributed by atoms with E-state index in [9.17, 15) is 9.18 Å². The number of halogens is 1. The number of benzene rings is 3. The minimum absolute atomic E-state index is 0.0758. The predicted molar refractivity (Wildman–Crippen MR) is 104 cm³/mol. The quantitative estimate of drug-likeness (QED) is 0.603. The highest BCUT2D eigenvalue weighted by molar-refractivity contribution is 5.83. The molecular formula is C22H22FNO3. The van der Waals surface area contributed by atoms with Gasteiger partial charge in [-0.3, -0.25) is 4.79 Å². The highest BCUT2D eigenvalue weighted by Crippen LogP contribution is 2.20. The third kappa shape index (κ3) is 4.97. The summed E-state index contributed by atoms with van der Waals surface area (Å²) in [4.78, 5) is 12.3. The largest absolute Gasteiger partial charge is 0.492 e. The van der Waals surface area contributed by atoms with Crippen molar-refractivity contribution >= 4 is 16.7 Å². The van der Waals surface area contributed by atoms with E-state index in [1.807, 2.05) is 49.4 Å². The Morgan fingerprint density at radius 3 is 2.56 bits per heavy atom. The molecule has 0 saturated carbocycles. The summed E-state index contributed by atoms with van der Waals surface area (Å²) in [6.07, 6.45) is -0.311. The van der Waals surface area contributed by atoms with Crippen LogP contribution in [0.4, 0.5) is 4.39 Å². The molecule has 0 heterocycles. The fourth-order valence-corrected chi connectivity index (χ4v) is 2.73. The lowest BCUT2D eigenvalue weighted by atomic mass is 10.1. The molecule has 27 heavy (non-hydrogen) atoms. The van der Waals surface area contributed by atoms with Crippen LogP contribution >= 0.6 is 0 Å². The van der Waals surface area contributed by atoms with Gasteiger partial charge in [0.05, 0.1) is 6.54 Å². The molecule has 0 saturated heterocycles. The van der Waals surface area contributed by atoms with E-state index in [1.54, 1.807) is 12.1 Å². The second kappa shape index (κ2) is 9.03. The zero-order chi connectivity index (χ0) is 19.1. The molecule has 4 nitrogen and oxygen atoms in total. The van der Waals surface area contributed by atoms with Gasteiger partial charge >= 0.3 is 0 Å². The van der Waals surface area contributed by atoms with Gasteiger partial charge in [-0.1, -0.05) is 49.4 Å². The number of nitrogens with one attached hydrogen (secondary N) is 1. The first-order chi connectivity index (χ1) is 13.2. The van der Waals surface area contributed by atoms with Crippen LogP contribution in [0.15, 0.2) is 66.7 Å². The van der Waals surface area contributed by atoms with Crippen molar-refractivity contribution in [3.05, 3.63) is 72.5 Å². The van der Waals surface area contributed by atoms with E-state index in [4.69, 9.17) is 9.47 Å². The minimum atomic E-state index is -0.748. The van der Waals surface area contributed by atoms with E-state index in [-0.39, 0.29) is 11.7 Å². The standard InChI is InChI=1S/C22H22FNO3/c1-2-20(27-21-10-6-5-9-19(21)23)22(25)24-13-14-26-18-12-11-16-7-3-4-8-17(16)15-18/h3-12,15,20H,2,13-14H2,1H3,(H,24,25). The molecule has 0 aliphatic heterocycles. The lowest BCUT2D eigenvalue weighted by Crippen LogP contribution is -2.39. The number of hydrogen-bond donors (Lipinski definition) is 1. The second-order valence-electron chi connectivity index (χ2n) is 6.09. The predicted octanol–water partition coefficient (Wildman–Crippen LogP) is 4.33. The Balaban J connectivity index is 1.48. The van der Waals surface area contributed by atoms with Crippen LogP contribution in [0.3, 0.4) is 0 Å². The number of fused-ring (bicyclic) bond motifs is 1. The fraction of sp³-hybridized carbons (Fsp3) is 0.227. The van der Waals surface area contributed by atoms with Crippen molar-refractivity contribution < 1.29 is 18.7 Å². The van der Waals surface area contributed by atoms with Crippen LogP contribution in [0.1, 0.15) is 13.3 Å². The van der Waals surface area contributed by atoms with Crippen molar-refractivity contribution in [2.75, 3.05) is 13.2 Å². The van der Waals surface area contributed by atoms with E-state index in [0.29, 0.717) is 19.6 Å². The van der Waals surface area contributed by atoms with Crippen molar-refractivity contribution in [2.45, 2.75) is 19.4 Å². The molecule has 3 aromatic rings. The van der Waals surface area contributed by atoms with Crippen molar-refractivity contribution in [1.29, 1.82) is 0 Å².